The number of urea groups is 1. The molecule has 0 saturated carbocycles. The number of hydrogen-bond donors (Lipinski definition) is 3. The van der Waals surface area contributed by atoms with Crippen LogP contribution >= 0.6 is 11.6 Å². The predicted molar refractivity (Wildman–Crippen MR) is 126 cm³/mol. The molecule has 0 aliphatic carbocycles. The maximum atomic E-state index is 12.8. The highest BCUT2D eigenvalue weighted by Crippen LogP contribution is 2.24. The van der Waals surface area contributed by atoms with Gasteiger partial charge in [0.1, 0.15) is 0 Å². The third-order valence-corrected chi connectivity index (χ3v) is 7.50. The van der Waals surface area contributed by atoms with Gasteiger partial charge in [-0.2, -0.15) is 0 Å². The number of benzene rings is 3. The Kier molecular flexibility index (Phi) is 6.50. The van der Waals surface area contributed by atoms with Crippen molar-refractivity contribution in [2.75, 3.05) is 5.32 Å². The first kappa shape index (κ1) is 22.3. The van der Waals surface area contributed by atoms with Gasteiger partial charge in [0, 0.05) is 23.8 Å². The zero-order valence-electron chi connectivity index (χ0n) is 17.6. The van der Waals surface area contributed by atoms with E-state index in [4.69, 9.17) is 11.6 Å². The van der Waals surface area contributed by atoms with Gasteiger partial charge >= 0.3 is 6.03 Å². The minimum Gasteiger partial charge on any atom is -0.331 e. The van der Waals surface area contributed by atoms with Gasteiger partial charge in [0.25, 0.3) is 0 Å². The van der Waals surface area contributed by atoms with Crippen molar-refractivity contribution in [2.45, 2.75) is 36.7 Å². The molecule has 8 heteroatoms. The summed E-state index contributed by atoms with van der Waals surface area (Å²) < 4.78 is 25.7. The Labute approximate surface area is 192 Å². The van der Waals surface area contributed by atoms with Crippen molar-refractivity contribution in [1.82, 2.24) is 10.6 Å². The van der Waals surface area contributed by atoms with E-state index in [0.29, 0.717) is 10.7 Å². The summed E-state index contributed by atoms with van der Waals surface area (Å²) in [6, 6.07) is 18.6. The van der Waals surface area contributed by atoms with Crippen LogP contribution in [0.4, 0.5) is 10.5 Å². The molecule has 3 N–H and O–H groups in total. The van der Waals surface area contributed by atoms with Crippen LogP contribution in [0.5, 0.6) is 0 Å². The van der Waals surface area contributed by atoms with Gasteiger partial charge in [0.15, 0.2) is 9.84 Å². The Morgan fingerprint density at radius 1 is 1.03 bits per heavy atom. The summed E-state index contributed by atoms with van der Waals surface area (Å²) in [5.74, 6) is -0.0666. The maximum Gasteiger partial charge on any atom is 0.319 e. The van der Waals surface area contributed by atoms with Gasteiger partial charge in [-0.05, 0) is 59.5 Å². The minimum atomic E-state index is -3.50. The summed E-state index contributed by atoms with van der Waals surface area (Å²) in [6.07, 6.45) is 0. The van der Waals surface area contributed by atoms with Crippen LogP contribution in [0.3, 0.4) is 0 Å². The fourth-order valence-corrected chi connectivity index (χ4v) is 5.39. The highest BCUT2D eigenvalue weighted by molar-refractivity contribution is 7.90. The topological polar surface area (TPSA) is 87.3 Å². The van der Waals surface area contributed by atoms with Crippen molar-refractivity contribution in [3.05, 3.63) is 94.0 Å². The molecule has 4 rings (SSSR count). The molecule has 1 heterocycles. The molecule has 1 atom stereocenters. The first-order valence-corrected chi connectivity index (χ1v) is 12.3. The lowest BCUT2D eigenvalue weighted by molar-refractivity contribution is 0.249. The average molecular weight is 470 g/mol. The summed E-state index contributed by atoms with van der Waals surface area (Å²) in [5.41, 5.74) is 4.44. The van der Waals surface area contributed by atoms with Gasteiger partial charge < -0.3 is 16.0 Å². The summed E-state index contributed by atoms with van der Waals surface area (Å²) >= 11 is 6.18. The lowest BCUT2D eigenvalue weighted by atomic mass is 10.1. The fraction of sp³-hybridized carbons (Fsp3) is 0.208. The Bertz CT molecular complexity index is 1240. The molecule has 3 aromatic carbocycles. The molecular weight excluding hydrogens is 446 g/mol. The van der Waals surface area contributed by atoms with Crippen LogP contribution in [-0.2, 0) is 28.7 Å². The van der Waals surface area contributed by atoms with E-state index in [1.165, 1.54) is 17.7 Å². The van der Waals surface area contributed by atoms with Crippen molar-refractivity contribution in [1.29, 1.82) is 0 Å². The third-order valence-electron chi connectivity index (χ3n) is 5.45. The van der Waals surface area contributed by atoms with Crippen LogP contribution in [0.2, 0.25) is 5.02 Å². The van der Waals surface area contributed by atoms with E-state index in [9.17, 15) is 13.2 Å². The summed E-state index contributed by atoms with van der Waals surface area (Å²) in [4.78, 5) is 12.5. The van der Waals surface area contributed by atoms with Gasteiger partial charge in [-0.1, -0.05) is 48.0 Å². The van der Waals surface area contributed by atoms with E-state index < -0.39 is 15.9 Å². The molecule has 0 spiro atoms. The van der Waals surface area contributed by atoms with E-state index in [2.05, 4.69) is 16.0 Å². The second kappa shape index (κ2) is 9.32. The van der Waals surface area contributed by atoms with Crippen molar-refractivity contribution in [3.63, 3.8) is 0 Å². The molecule has 0 saturated heterocycles. The van der Waals surface area contributed by atoms with Gasteiger partial charge in [0.05, 0.1) is 16.7 Å². The molecule has 166 valence electrons. The first-order valence-electron chi connectivity index (χ1n) is 10.3. The molecule has 1 unspecified atom stereocenters. The monoisotopic (exact) mass is 469 g/mol. The number of anilines is 1. The number of rotatable bonds is 6. The zero-order chi connectivity index (χ0) is 22.7. The number of amides is 2. The Morgan fingerprint density at radius 3 is 2.50 bits per heavy atom. The molecule has 0 bridgehead atoms. The molecule has 3 aromatic rings. The van der Waals surface area contributed by atoms with E-state index in [-0.39, 0.29) is 16.7 Å². The molecule has 2 amide bonds. The van der Waals surface area contributed by atoms with Gasteiger partial charge in [-0.3, -0.25) is 0 Å². The number of carbonyl (C=O) groups excluding carboxylic acids is 1. The van der Waals surface area contributed by atoms with Crippen LogP contribution in [0.25, 0.3) is 0 Å². The van der Waals surface area contributed by atoms with Crippen LogP contribution < -0.4 is 16.0 Å². The number of hydrogen-bond acceptors (Lipinski definition) is 4. The lowest BCUT2D eigenvalue weighted by Gasteiger charge is -2.16. The molecule has 6 nitrogen and oxygen atoms in total. The van der Waals surface area contributed by atoms with E-state index in [0.717, 1.165) is 29.8 Å². The number of nitrogens with one attached hydrogen (secondary N) is 3. The van der Waals surface area contributed by atoms with E-state index in [1.807, 2.05) is 43.3 Å². The molecular formula is C24H24ClN3O3S. The first-order chi connectivity index (χ1) is 15.3. The Hall–Kier alpha value is -2.87. The van der Waals surface area contributed by atoms with Crippen molar-refractivity contribution in [3.8, 4) is 0 Å². The quantitative estimate of drug-likeness (QED) is 0.484. The van der Waals surface area contributed by atoms with Crippen molar-refractivity contribution >= 4 is 33.2 Å². The van der Waals surface area contributed by atoms with Gasteiger partial charge in [-0.15, -0.1) is 0 Å². The van der Waals surface area contributed by atoms with Crippen LogP contribution in [0.1, 0.15) is 35.2 Å². The summed E-state index contributed by atoms with van der Waals surface area (Å²) in [7, 11) is -3.50. The summed E-state index contributed by atoms with van der Waals surface area (Å²) in [6.45, 7) is 3.42. The Balaban J connectivity index is 1.39. The molecule has 1 aliphatic heterocycles. The number of carbonyl (C=O) groups is 1. The zero-order valence-corrected chi connectivity index (χ0v) is 19.1. The number of sulfone groups is 1. The van der Waals surface area contributed by atoms with E-state index >= 15 is 0 Å². The minimum absolute atomic E-state index is 0.0666. The highest BCUT2D eigenvalue weighted by Gasteiger charge is 2.18. The highest BCUT2D eigenvalue weighted by atomic mass is 35.5. The normalized spacial score (nSPS) is 13.9. The van der Waals surface area contributed by atoms with Crippen molar-refractivity contribution in [2.24, 2.45) is 0 Å². The van der Waals surface area contributed by atoms with Gasteiger partial charge in [-0.25, -0.2) is 13.2 Å². The fourth-order valence-electron chi connectivity index (χ4n) is 3.75. The lowest BCUT2D eigenvalue weighted by Crippen LogP contribution is -2.31. The smallest absolute Gasteiger partial charge is 0.319 e. The number of fused-ring (bicyclic) bond motifs is 1. The van der Waals surface area contributed by atoms with Crippen LogP contribution in [-0.4, -0.2) is 14.4 Å². The van der Waals surface area contributed by atoms with E-state index in [1.54, 1.807) is 18.2 Å². The van der Waals surface area contributed by atoms with Crippen LogP contribution in [0.15, 0.2) is 71.6 Å². The largest absolute Gasteiger partial charge is 0.331 e. The number of halogens is 1. The average Bonchev–Trinajstić information content (AvgIpc) is 3.22. The SMILES string of the molecule is CC(NC(=O)Nc1ccc(S(=O)(=O)Cc2ccc3c(c2)CNC3)cc1)c1ccccc1Cl. The molecule has 1 aliphatic rings. The van der Waals surface area contributed by atoms with Crippen molar-refractivity contribution < 1.29 is 13.2 Å². The molecule has 0 fully saturated rings. The van der Waals surface area contributed by atoms with Gasteiger partial charge in [0.2, 0.25) is 0 Å². The molecule has 32 heavy (non-hydrogen) atoms. The second-order valence-electron chi connectivity index (χ2n) is 7.83. The predicted octanol–water partition coefficient (Wildman–Crippen LogP) is 4.80. The third kappa shape index (κ3) is 5.12. The molecule has 0 aromatic heterocycles. The second-order valence-corrected chi connectivity index (χ2v) is 10.2. The standard InChI is InChI=1S/C24H24ClN3O3S/c1-16(22-4-2-3-5-23(22)25)27-24(29)28-20-8-10-21(11-9-20)32(30,31)15-17-6-7-18-13-26-14-19(18)12-17/h2-12,16,26H,13-15H2,1H3,(H2,27,28,29). The summed E-state index contributed by atoms with van der Waals surface area (Å²) in [5, 5.41) is 9.39. The molecule has 0 radical (unpaired) electrons. The maximum absolute atomic E-state index is 12.8. The van der Waals surface area contributed by atoms with Crippen LogP contribution in [0, 0.1) is 0 Å². The Morgan fingerprint density at radius 2 is 1.75 bits per heavy atom.